The Hall–Kier alpha value is -4.01. The Kier molecular flexibility index (Phi) is 8.94. The van der Waals surface area contributed by atoms with Gasteiger partial charge in [0.2, 0.25) is 0 Å². The summed E-state index contributed by atoms with van der Waals surface area (Å²) in [4.78, 5) is 48.7. The first-order valence-electron chi connectivity index (χ1n) is 12.0. The van der Waals surface area contributed by atoms with Gasteiger partial charge in [-0.25, -0.2) is 4.79 Å². The molecule has 9 nitrogen and oxygen atoms in total. The number of carbonyl (C=O) groups is 3. The van der Waals surface area contributed by atoms with E-state index in [1.54, 1.807) is 22.3 Å². The zero-order chi connectivity index (χ0) is 26.2. The molecule has 9 heteroatoms. The van der Waals surface area contributed by atoms with Crippen molar-refractivity contribution in [2.45, 2.75) is 53.1 Å². The lowest BCUT2D eigenvalue weighted by atomic mass is 10.1. The predicted molar refractivity (Wildman–Crippen MR) is 134 cm³/mol. The van der Waals surface area contributed by atoms with Crippen LogP contribution in [0.25, 0.3) is 0 Å². The van der Waals surface area contributed by atoms with Gasteiger partial charge in [-0.3, -0.25) is 19.7 Å². The van der Waals surface area contributed by atoms with E-state index in [0.29, 0.717) is 25.1 Å². The molecule has 0 atom stereocenters. The summed E-state index contributed by atoms with van der Waals surface area (Å²) in [6, 6.07) is 12.7. The summed E-state index contributed by atoms with van der Waals surface area (Å²) in [6.07, 6.45) is 4.49. The van der Waals surface area contributed by atoms with Crippen molar-refractivity contribution in [1.82, 2.24) is 9.13 Å². The summed E-state index contributed by atoms with van der Waals surface area (Å²) in [6.45, 7) is 6.59. The van der Waals surface area contributed by atoms with E-state index in [9.17, 15) is 24.5 Å². The third kappa shape index (κ3) is 6.78. The average Bonchev–Trinajstić information content (AvgIpc) is 3.43. The van der Waals surface area contributed by atoms with Gasteiger partial charge in [0.1, 0.15) is 0 Å². The third-order valence-electron chi connectivity index (χ3n) is 5.66. The van der Waals surface area contributed by atoms with Crippen molar-refractivity contribution in [3.8, 4) is 0 Å². The smallest absolute Gasteiger partial charge is 0.381 e. The quantitative estimate of drug-likeness (QED) is 0.113. The van der Waals surface area contributed by atoms with Crippen LogP contribution in [-0.4, -0.2) is 38.2 Å². The summed E-state index contributed by atoms with van der Waals surface area (Å²) < 4.78 is 8.14. The lowest BCUT2D eigenvalue weighted by molar-refractivity contribution is -0.384. The monoisotopic (exact) mass is 493 g/mol. The lowest BCUT2D eigenvalue weighted by Gasteiger charge is -2.10. The molecule has 3 rings (SSSR count). The molecule has 0 aliphatic heterocycles. The second kappa shape index (κ2) is 12.1. The van der Waals surface area contributed by atoms with Crippen molar-refractivity contribution in [2.75, 3.05) is 6.61 Å². The number of rotatable bonds is 13. The van der Waals surface area contributed by atoms with Crippen LogP contribution >= 0.6 is 0 Å². The van der Waals surface area contributed by atoms with Crippen molar-refractivity contribution in [2.24, 2.45) is 5.92 Å². The molecular formula is C27H31N3O6. The number of aromatic nitrogens is 2. The highest BCUT2D eigenvalue weighted by molar-refractivity contribution is 6.40. The van der Waals surface area contributed by atoms with Crippen molar-refractivity contribution in [1.29, 1.82) is 0 Å². The number of esters is 1. The molecule has 3 aromatic rings. The SMILES string of the molecule is CCOC(=O)C(=O)c1cc(CC(=O)c2cc([N+](=O)[O-])cn2CCCc2ccccc2)cn1CC(C)C. The van der Waals surface area contributed by atoms with Gasteiger partial charge < -0.3 is 13.9 Å². The first-order chi connectivity index (χ1) is 17.2. The van der Waals surface area contributed by atoms with Crippen LogP contribution < -0.4 is 0 Å². The maximum absolute atomic E-state index is 13.2. The maximum Gasteiger partial charge on any atom is 0.381 e. The van der Waals surface area contributed by atoms with Gasteiger partial charge in [-0.05, 0) is 42.9 Å². The number of ketones is 2. The molecule has 0 amide bonds. The second-order valence-corrected chi connectivity index (χ2v) is 9.05. The molecule has 0 fully saturated rings. The van der Waals surface area contributed by atoms with Gasteiger partial charge in [0.15, 0.2) is 5.78 Å². The molecule has 0 N–H and O–H groups in total. The molecule has 1 aromatic carbocycles. The fraction of sp³-hybridized carbons (Fsp3) is 0.370. The van der Waals surface area contributed by atoms with Crippen molar-refractivity contribution in [3.63, 3.8) is 0 Å². The number of aryl methyl sites for hydroxylation is 2. The molecule has 0 saturated carbocycles. The number of nitro groups is 1. The minimum Gasteiger partial charge on any atom is -0.460 e. The highest BCUT2D eigenvalue weighted by atomic mass is 16.6. The summed E-state index contributed by atoms with van der Waals surface area (Å²) >= 11 is 0. The van der Waals surface area contributed by atoms with Crippen LogP contribution in [-0.2, 0) is 35.5 Å². The van der Waals surface area contributed by atoms with Crippen LogP contribution in [0.15, 0.2) is 54.9 Å². The molecule has 0 radical (unpaired) electrons. The number of ether oxygens (including phenoxy) is 1. The zero-order valence-electron chi connectivity index (χ0n) is 20.8. The van der Waals surface area contributed by atoms with E-state index >= 15 is 0 Å². The Labute approximate surface area is 209 Å². The Morgan fingerprint density at radius 2 is 1.72 bits per heavy atom. The second-order valence-electron chi connectivity index (χ2n) is 9.05. The van der Waals surface area contributed by atoms with Gasteiger partial charge in [0.05, 0.1) is 29.1 Å². The maximum atomic E-state index is 13.2. The van der Waals surface area contributed by atoms with Crippen LogP contribution in [0.3, 0.4) is 0 Å². The Bertz CT molecular complexity index is 1240. The topological polar surface area (TPSA) is 113 Å². The van der Waals surface area contributed by atoms with Crippen LogP contribution in [0.2, 0.25) is 0 Å². The van der Waals surface area contributed by atoms with E-state index < -0.39 is 16.7 Å². The standard InChI is InChI=1S/C27H31N3O6/c1-4-36-27(33)26(32)24-13-21(17-29(24)16-19(2)3)14-25(31)23-15-22(30(34)35)18-28(23)12-8-11-20-9-6-5-7-10-20/h5-7,9-10,13,15,17-19H,4,8,11-12,14,16H2,1-3H3. The lowest BCUT2D eigenvalue weighted by Crippen LogP contribution is -2.21. The third-order valence-corrected chi connectivity index (χ3v) is 5.66. The van der Waals surface area contributed by atoms with E-state index in [1.807, 2.05) is 44.2 Å². The predicted octanol–water partition coefficient (Wildman–Crippen LogP) is 4.66. The Morgan fingerprint density at radius 3 is 2.36 bits per heavy atom. The van der Waals surface area contributed by atoms with Crippen molar-refractivity contribution >= 4 is 23.2 Å². The Morgan fingerprint density at radius 1 is 1.00 bits per heavy atom. The summed E-state index contributed by atoms with van der Waals surface area (Å²) in [7, 11) is 0. The number of nitrogens with zero attached hydrogens (tertiary/aromatic N) is 3. The number of benzene rings is 1. The van der Waals surface area contributed by atoms with Gasteiger partial charge >= 0.3 is 5.97 Å². The fourth-order valence-electron chi connectivity index (χ4n) is 4.09. The van der Waals surface area contributed by atoms with Crippen molar-refractivity contribution in [3.05, 3.63) is 87.5 Å². The highest BCUT2D eigenvalue weighted by Crippen LogP contribution is 2.21. The van der Waals surface area contributed by atoms with E-state index in [4.69, 9.17) is 4.74 Å². The first-order valence-corrected chi connectivity index (χ1v) is 12.0. The van der Waals surface area contributed by atoms with Gasteiger partial charge in [-0.15, -0.1) is 0 Å². The summed E-state index contributed by atoms with van der Waals surface area (Å²) in [5.74, 6) is -1.82. The molecule has 2 heterocycles. The molecule has 36 heavy (non-hydrogen) atoms. The number of hydrogen-bond donors (Lipinski definition) is 0. The highest BCUT2D eigenvalue weighted by Gasteiger charge is 2.25. The van der Waals surface area contributed by atoms with Gasteiger partial charge in [-0.2, -0.15) is 0 Å². The van der Waals surface area contributed by atoms with Crippen LogP contribution in [0.1, 0.15) is 59.3 Å². The largest absolute Gasteiger partial charge is 0.460 e. The fourth-order valence-corrected chi connectivity index (χ4v) is 4.09. The number of carbonyl (C=O) groups excluding carboxylic acids is 3. The van der Waals surface area contributed by atoms with E-state index in [2.05, 4.69) is 0 Å². The van der Waals surface area contributed by atoms with E-state index in [1.165, 1.54) is 18.3 Å². The van der Waals surface area contributed by atoms with Gasteiger partial charge in [-0.1, -0.05) is 44.2 Å². The van der Waals surface area contributed by atoms with Crippen LogP contribution in [0.5, 0.6) is 0 Å². The van der Waals surface area contributed by atoms with Gasteiger partial charge in [0, 0.05) is 31.8 Å². The molecule has 0 aliphatic carbocycles. The molecule has 0 aliphatic rings. The van der Waals surface area contributed by atoms with E-state index in [0.717, 1.165) is 12.0 Å². The molecule has 0 unspecified atom stereocenters. The molecule has 0 saturated heterocycles. The minimum absolute atomic E-state index is 0.0615. The number of hydrogen-bond acceptors (Lipinski definition) is 6. The zero-order valence-corrected chi connectivity index (χ0v) is 20.8. The van der Waals surface area contributed by atoms with Crippen LogP contribution in [0, 0.1) is 16.0 Å². The van der Waals surface area contributed by atoms with Gasteiger partial charge in [0.25, 0.3) is 11.5 Å². The summed E-state index contributed by atoms with van der Waals surface area (Å²) in [5, 5.41) is 11.4. The molecule has 190 valence electrons. The van der Waals surface area contributed by atoms with Crippen LogP contribution in [0.4, 0.5) is 5.69 Å². The normalized spacial score (nSPS) is 11.0. The minimum atomic E-state index is -0.943. The van der Waals surface area contributed by atoms with E-state index in [-0.39, 0.29) is 41.8 Å². The molecule has 0 spiro atoms. The molecule has 2 aromatic heterocycles. The average molecular weight is 494 g/mol. The Balaban J connectivity index is 1.81. The summed E-state index contributed by atoms with van der Waals surface area (Å²) in [5.41, 5.74) is 1.96. The molecular weight excluding hydrogens is 462 g/mol. The molecule has 0 bridgehead atoms. The first kappa shape index (κ1) is 26.6. The number of Topliss-reactive ketones (excluding diaryl/α,β-unsaturated/α-hetero) is 2. The van der Waals surface area contributed by atoms with Crippen molar-refractivity contribution < 1.29 is 24.0 Å².